The van der Waals surface area contributed by atoms with Gasteiger partial charge in [-0.1, -0.05) is 66.2 Å². The highest BCUT2D eigenvalue weighted by atomic mass is 35.5. The van der Waals surface area contributed by atoms with Crippen molar-refractivity contribution in [3.05, 3.63) is 101 Å². The van der Waals surface area contributed by atoms with Crippen molar-refractivity contribution in [2.45, 2.75) is 25.5 Å². The summed E-state index contributed by atoms with van der Waals surface area (Å²) in [6.07, 6.45) is 2.29. The third-order valence-electron chi connectivity index (χ3n) is 5.43. The lowest BCUT2D eigenvalue weighted by atomic mass is 10.1. The molecule has 0 aromatic heterocycles. The molecule has 4 rings (SSSR count). The smallest absolute Gasteiger partial charge is 0.255 e. The Morgan fingerprint density at radius 2 is 1.78 bits per heavy atom. The largest absolute Gasteiger partial charge is 0.352 e. The molecule has 3 aromatic rings. The van der Waals surface area contributed by atoms with Gasteiger partial charge in [-0.2, -0.15) is 0 Å². The van der Waals surface area contributed by atoms with Crippen molar-refractivity contribution in [2.75, 3.05) is 18.1 Å². The molecule has 1 unspecified atom stereocenters. The van der Waals surface area contributed by atoms with Crippen LogP contribution >= 0.6 is 11.6 Å². The highest BCUT2D eigenvalue weighted by Gasteiger charge is 2.35. The van der Waals surface area contributed by atoms with Crippen LogP contribution < -0.4 is 10.2 Å². The second kappa shape index (κ2) is 10.4. The highest BCUT2D eigenvalue weighted by molar-refractivity contribution is 6.33. The van der Waals surface area contributed by atoms with Crippen LogP contribution in [0.15, 0.2) is 78.9 Å². The molecule has 164 valence electrons. The zero-order chi connectivity index (χ0) is 22.3. The number of carbonyl (C=O) groups is 2. The Balaban J connectivity index is 1.38. The Kier molecular flexibility index (Phi) is 7.20. The summed E-state index contributed by atoms with van der Waals surface area (Å²) in [4.78, 5) is 26.7. The second-order valence-electron chi connectivity index (χ2n) is 7.70. The fourth-order valence-electron chi connectivity index (χ4n) is 3.81. The first-order valence-corrected chi connectivity index (χ1v) is 11.1. The molecular formula is C26H25ClN2O3. The van der Waals surface area contributed by atoms with E-state index in [9.17, 15) is 9.59 Å². The molecule has 1 aliphatic heterocycles. The summed E-state index contributed by atoms with van der Waals surface area (Å²) in [5, 5.41) is 3.46. The van der Waals surface area contributed by atoms with E-state index in [0.717, 1.165) is 24.8 Å². The molecule has 0 aliphatic carbocycles. The molecule has 1 atom stereocenters. The van der Waals surface area contributed by atoms with Gasteiger partial charge in [-0.05, 0) is 49.1 Å². The van der Waals surface area contributed by atoms with Gasteiger partial charge in [0.2, 0.25) is 0 Å². The number of aryl methyl sites for hydroxylation is 1. The third-order valence-corrected chi connectivity index (χ3v) is 5.75. The molecule has 32 heavy (non-hydrogen) atoms. The fourth-order valence-corrected chi connectivity index (χ4v) is 4.04. The minimum absolute atomic E-state index is 0.0340. The number of halogens is 1. The molecular weight excluding hydrogens is 424 g/mol. The van der Waals surface area contributed by atoms with E-state index in [1.54, 1.807) is 35.2 Å². The molecule has 2 amide bonds. The quantitative estimate of drug-likeness (QED) is 0.484. The Morgan fingerprint density at radius 1 is 1.00 bits per heavy atom. The Morgan fingerprint density at radius 3 is 2.59 bits per heavy atom. The number of carbonyl (C=O) groups excluding carboxylic acids is 2. The molecule has 0 saturated carbocycles. The number of nitrogens with zero attached hydrogens (tertiary/aromatic N) is 1. The van der Waals surface area contributed by atoms with E-state index in [0.29, 0.717) is 22.8 Å². The topological polar surface area (TPSA) is 58.6 Å². The van der Waals surface area contributed by atoms with E-state index in [4.69, 9.17) is 16.3 Å². The van der Waals surface area contributed by atoms with E-state index in [2.05, 4.69) is 17.4 Å². The lowest BCUT2D eigenvalue weighted by Gasteiger charge is -2.24. The number of benzene rings is 3. The number of hydrogen-bond acceptors (Lipinski definition) is 3. The van der Waals surface area contributed by atoms with Crippen LogP contribution in [-0.4, -0.2) is 25.0 Å². The monoisotopic (exact) mass is 448 g/mol. The van der Waals surface area contributed by atoms with Crippen molar-refractivity contribution in [3.8, 4) is 0 Å². The summed E-state index contributed by atoms with van der Waals surface area (Å²) in [6.45, 7) is 0.577. The zero-order valence-electron chi connectivity index (χ0n) is 17.7. The molecule has 1 heterocycles. The van der Waals surface area contributed by atoms with Crippen LogP contribution in [0.5, 0.6) is 0 Å². The third kappa shape index (κ3) is 5.18. The van der Waals surface area contributed by atoms with Crippen LogP contribution in [0.2, 0.25) is 5.02 Å². The highest BCUT2D eigenvalue weighted by Crippen LogP contribution is 2.36. The number of nitrogens with one attached hydrogen (secondary N) is 1. The van der Waals surface area contributed by atoms with Crippen LogP contribution in [0.3, 0.4) is 0 Å². The van der Waals surface area contributed by atoms with Crippen molar-refractivity contribution < 1.29 is 14.3 Å². The molecule has 0 spiro atoms. The molecule has 5 nitrogen and oxygen atoms in total. The van der Waals surface area contributed by atoms with Gasteiger partial charge >= 0.3 is 0 Å². The Labute approximate surface area is 193 Å². The van der Waals surface area contributed by atoms with Crippen LogP contribution in [0, 0.1) is 0 Å². The first-order chi connectivity index (χ1) is 15.6. The zero-order valence-corrected chi connectivity index (χ0v) is 18.4. The van der Waals surface area contributed by atoms with Crippen molar-refractivity contribution >= 4 is 29.1 Å². The summed E-state index contributed by atoms with van der Waals surface area (Å²) in [7, 11) is 0. The van der Waals surface area contributed by atoms with Gasteiger partial charge in [0.05, 0.1) is 10.7 Å². The van der Waals surface area contributed by atoms with Gasteiger partial charge in [-0.3, -0.25) is 14.5 Å². The first-order valence-electron chi connectivity index (χ1n) is 10.7. The molecule has 0 bridgehead atoms. The maximum absolute atomic E-state index is 12.7. The molecule has 3 aromatic carbocycles. The minimum Gasteiger partial charge on any atom is -0.352 e. The van der Waals surface area contributed by atoms with Gasteiger partial charge in [0.1, 0.15) is 6.61 Å². The van der Waals surface area contributed by atoms with Gasteiger partial charge in [0, 0.05) is 17.7 Å². The normalized spacial score (nSPS) is 15.7. The summed E-state index contributed by atoms with van der Waals surface area (Å²) < 4.78 is 5.75. The molecule has 0 radical (unpaired) electrons. The lowest BCUT2D eigenvalue weighted by Crippen LogP contribution is -2.29. The van der Waals surface area contributed by atoms with Gasteiger partial charge in [-0.25, -0.2) is 0 Å². The predicted octanol–water partition coefficient (Wildman–Crippen LogP) is 5.15. The van der Waals surface area contributed by atoms with Gasteiger partial charge in [-0.15, -0.1) is 0 Å². The number of ether oxygens (including phenoxy) is 1. The van der Waals surface area contributed by atoms with E-state index in [1.807, 2.05) is 36.4 Å². The van der Waals surface area contributed by atoms with Crippen molar-refractivity contribution in [1.82, 2.24) is 5.32 Å². The van der Waals surface area contributed by atoms with E-state index in [-0.39, 0.29) is 18.4 Å². The lowest BCUT2D eigenvalue weighted by molar-refractivity contribution is -0.117. The number of hydrogen-bond donors (Lipinski definition) is 1. The van der Waals surface area contributed by atoms with Crippen LogP contribution in [0.1, 0.15) is 40.6 Å². The average Bonchev–Trinajstić information content (AvgIpc) is 3.21. The summed E-state index contributed by atoms with van der Waals surface area (Å²) in [6, 6.07) is 24.7. The van der Waals surface area contributed by atoms with Crippen LogP contribution in [0.25, 0.3) is 0 Å². The molecule has 1 fully saturated rings. The maximum atomic E-state index is 12.7. The summed E-state index contributed by atoms with van der Waals surface area (Å²) in [5.41, 5.74) is 3.16. The number of anilines is 1. The molecule has 1 saturated heterocycles. The summed E-state index contributed by atoms with van der Waals surface area (Å²) in [5.74, 6) is -0.309. The number of rotatable bonds is 8. The minimum atomic E-state index is -0.624. The molecule has 1 aliphatic rings. The Hall–Kier alpha value is -3.15. The van der Waals surface area contributed by atoms with E-state index in [1.165, 1.54) is 5.56 Å². The molecule has 1 N–H and O–H groups in total. The maximum Gasteiger partial charge on any atom is 0.255 e. The van der Waals surface area contributed by atoms with Crippen LogP contribution in [-0.2, 0) is 16.0 Å². The standard InChI is InChI=1S/C26H25ClN2O3/c27-22-14-4-5-15-23(22)29-24(30)18-32-26(29)21-13-8-12-20(17-21)25(31)28-16-7-6-11-19-9-2-1-3-10-19/h1-5,8-10,12-15,17,26H,6-7,11,16,18H2,(H,28,31). The Bertz CT molecular complexity index is 1090. The van der Waals surface area contributed by atoms with Gasteiger partial charge < -0.3 is 10.1 Å². The van der Waals surface area contributed by atoms with Gasteiger partial charge in [0.15, 0.2) is 6.23 Å². The van der Waals surface area contributed by atoms with Crippen LogP contribution in [0.4, 0.5) is 5.69 Å². The fraction of sp³-hybridized carbons (Fsp3) is 0.231. The van der Waals surface area contributed by atoms with Crippen molar-refractivity contribution in [2.24, 2.45) is 0 Å². The molecule has 6 heteroatoms. The van der Waals surface area contributed by atoms with Crippen molar-refractivity contribution in [1.29, 1.82) is 0 Å². The van der Waals surface area contributed by atoms with Gasteiger partial charge in [0.25, 0.3) is 11.8 Å². The number of amides is 2. The van der Waals surface area contributed by atoms with Crippen molar-refractivity contribution in [3.63, 3.8) is 0 Å². The second-order valence-corrected chi connectivity index (χ2v) is 8.11. The number of unbranched alkanes of at least 4 members (excludes halogenated alkanes) is 1. The van der Waals surface area contributed by atoms with E-state index >= 15 is 0 Å². The SMILES string of the molecule is O=C(NCCCCc1ccccc1)c1cccc(C2OCC(=O)N2c2ccccc2Cl)c1. The first kappa shape index (κ1) is 22.1. The predicted molar refractivity (Wildman–Crippen MR) is 126 cm³/mol. The van der Waals surface area contributed by atoms with E-state index < -0.39 is 6.23 Å². The summed E-state index contributed by atoms with van der Waals surface area (Å²) >= 11 is 6.31. The average molecular weight is 449 g/mol. The number of para-hydroxylation sites is 1.